The maximum absolute atomic E-state index is 12.8. The minimum absolute atomic E-state index is 0.199. The van der Waals surface area contributed by atoms with E-state index in [9.17, 15) is 45.3 Å². The molecule has 15 heteroatoms. The molecule has 2 saturated heterocycles. The van der Waals surface area contributed by atoms with Gasteiger partial charge in [0.2, 0.25) is 0 Å². The quantitative estimate of drug-likeness (QED) is 0.0210. The zero-order valence-corrected chi connectivity index (χ0v) is 35.7. The molecule has 2 aliphatic rings. The molecular weight excluding hydrogens is 768 g/mol. The SMILES string of the molecule is CCCCCCCCCCCCC/C=C/C=C/C(=O)O[C@H](COC(=O)CCCCCCCCCC)CO[C@@H]1O[C@H](CO[C@@H]2O[C@H](CO)[C@H](O)C(O)C2O)[C@H](O)C(O)C1O. The van der Waals surface area contributed by atoms with Crippen LogP contribution in [0.2, 0.25) is 0 Å². The van der Waals surface area contributed by atoms with E-state index >= 15 is 0 Å². The highest BCUT2D eigenvalue weighted by Gasteiger charge is 2.47. The normalized spacial score (nSPS) is 28.0. The Morgan fingerprint density at radius 2 is 1.07 bits per heavy atom. The molecule has 0 aromatic carbocycles. The molecule has 2 aliphatic heterocycles. The van der Waals surface area contributed by atoms with Crippen LogP contribution in [0.25, 0.3) is 0 Å². The number of rotatable bonds is 33. The van der Waals surface area contributed by atoms with E-state index in [-0.39, 0.29) is 13.0 Å². The van der Waals surface area contributed by atoms with Crippen LogP contribution in [0.1, 0.15) is 149 Å². The smallest absolute Gasteiger partial charge is 0.331 e. The molecule has 7 N–H and O–H groups in total. The summed E-state index contributed by atoms with van der Waals surface area (Å²) in [6, 6.07) is 0. The lowest BCUT2D eigenvalue weighted by Gasteiger charge is -2.42. The number of hydrogen-bond donors (Lipinski definition) is 7. The summed E-state index contributed by atoms with van der Waals surface area (Å²) in [5, 5.41) is 71.7. The van der Waals surface area contributed by atoms with Gasteiger partial charge in [0.25, 0.3) is 0 Å². The van der Waals surface area contributed by atoms with E-state index in [1.165, 1.54) is 89.5 Å². The van der Waals surface area contributed by atoms with E-state index in [1.54, 1.807) is 12.2 Å². The van der Waals surface area contributed by atoms with Gasteiger partial charge < -0.3 is 64.2 Å². The Balaban J connectivity index is 1.89. The predicted octanol–water partition coefficient (Wildman–Crippen LogP) is 4.43. The third-order valence-corrected chi connectivity index (χ3v) is 10.8. The summed E-state index contributed by atoms with van der Waals surface area (Å²) in [5.74, 6) is -1.18. The van der Waals surface area contributed by atoms with Crippen LogP contribution in [0.4, 0.5) is 0 Å². The first-order valence-corrected chi connectivity index (χ1v) is 22.5. The van der Waals surface area contributed by atoms with Crippen molar-refractivity contribution < 1.29 is 73.8 Å². The summed E-state index contributed by atoms with van der Waals surface area (Å²) in [5.41, 5.74) is 0. The second-order valence-corrected chi connectivity index (χ2v) is 16.0. The first kappa shape index (κ1) is 53.1. The van der Waals surface area contributed by atoms with Crippen molar-refractivity contribution in [2.24, 2.45) is 0 Å². The summed E-state index contributed by atoms with van der Waals surface area (Å²) in [4.78, 5) is 25.4. The average molecular weight is 847 g/mol. The molecule has 2 rings (SSSR count). The van der Waals surface area contributed by atoms with Crippen molar-refractivity contribution in [1.82, 2.24) is 0 Å². The molecule has 0 aromatic heterocycles. The zero-order valence-electron chi connectivity index (χ0n) is 35.7. The van der Waals surface area contributed by atoms with E-state index in [4.69, 9.17) is 28.4 Å². The van der Waals surface area contributed by atoms with Gasteiger partial charge in [0, 0.05) is 12.5 Å². The molecule has 2 fully saturated rings. The summed E-state index contributed by atoms with van der Waals surface area (Å²) >= 11 is 0. The Labute approximate surface area is 352 Å². The number of hydrogen-bond acceptors (Lipinski definition) is 15. The van der Waals surface area contributed by atoms with Gasteiger partial charge >= 0.3 is 11.9 Å². The first-order valence-electron chi connectivity index (χ1n) is 22.5. The van der Waals surface area contributed by atoms with Crippen LogP contribution in [-0.4, -0.2) is 142 Å². The Morgan fingerprint density at radius 3 is 1.63 bits per heavy atom. The standard InChI is InChI=1S/C44H78O15/c1-3-5-7-9-11-13-14-15-16-17-18-19-21-23-25-27-36(47)57-32(29-54-35(46)26-24-22-20-12-10-8-6-4-2)30-55-43-42(53)40(51)38(49)34(59-43)31-56-44-41(52)39(50)37(48)33(28-45)58-44/h21,23,25,27,32-34,37-45,48-53H,3-20,22,24,26,28-31H2,1-2H3/b23-21+,27-25+/t32-,33-,34-,37+,38+,39?,40?,41?,42?,43-,44-/m1/s1. The van der Waals surface area contributed by atoms with E-state index in [0.717, 1.165) is 38.5 Å². The summed E-state index contributed by atoms with van der Waals surface area (Å²) in [6.07, 6.45) is 13.0. The number of esters is 2. The molecule has 344 valence electrons. The maximum Gasteiger partial charge on any atom is 0.331 e. The van der Waals surface area contributed by atoms with Crippen LogP contribution in [0.3, 0.4) is 0 Å². The number of aliphatic hydroxyl groups is 7. The Kier molecular flexibility index (Phi) is 29.4. The predicted molar refractivity (Wildman–Crippen MR) is 220 cm³/mol. The molecule has 4 unspecified atom stereocenters. The van der Waals surface area contributed by atoms with Gasteiger partial charge in [-0.25, -0.2) is 4.79 Å². The maximum atomic E-state index is 12.8. The first-order chi connectivity index (χ1) is 28.5. The fraction of sp³-hybridized carbons (Fsp3) is 0.864. The van der Waals surface area contributed by atoms with Crippen LogP contribution >= 0.6 is 0 Å². The van der Waals surface area contributed by atoms with Gasteiger partial charge in [-0.05, 0) is 19.3 Å². The Hall–Kier alpha value is -2.02. The van der Waals surface area contributed by atoms with Crippen molar-refractivity contribution in [2.45, 2.75) is 216 Å². The van der Waals surface area contributed by atoms with Crippen molar-refractivity contribution in [2.75, 3.05) is 26.4 Å². The summed E-state index contributed by atoms with van der Waals surface area (Å²) in [7, 11) is 0. The van der Waals surface area contributed by atoms with Gasteiger partial charge in [-0.15, -0.1) is 0 Å². The van der Waals surface area contributed by atoms with Crippen LogP contribution < -0.4 is 0 Å². The number of ether oxygens (including phenoxy) is 6. The monoisotopic (exact) mass is 847 g/mol. The minimum atomic E-state index is -1.78. The zero-order chi connectivity index (χ0) is 43.3. The molecule has 0 saturated carbocycles. The second-order valence-electron chi connectivity index (χ2n) is 16.0. The number of allylic oxidation sites excluding steroid dienone is 3. The van der Waals surface area contributed by atoms with Crippen molar-refractivity contribution in [3.63, 3.8) is 0 Å². The number of carbonyl (C=O) groups is 2. The molecule has 0 aliphatic carbocycles. The topological polar surface area (TPSA) is 231 Å². The highest BCUT2D eigenvalue weighted by molar-refractivity contribution is 5.82. The lowest BCUT2D eigenvalue weighted by Crippen LogP contribution is -2.61. The molecule has 0 aromatic rings. The van der Waals surface area contributed by atoms with Gasteiger partial charge in [-0.1, -0.05) is 141 Å². The lowest BCUT2D eigenvalue weighted by atomic mass is 9.98. The molecule has 0 bridgehead atoms. The molecule has 0 radical (unpaired) electrons. The Bertz CT molecular complexity index is 1140. The van der Waals surface area contributed by atoms with E-state index in [0.29, 0.717) is 6.42 Å². The fourth-order valence-electron chi connectivity index (χ4n) is 7.01. The molecule has 59 heavy (non-hydrogen) atoms. The molecular formula is C44H78O15. The third-order valence-electron chi connectivity index (χ3n) is 10.8. The van der Waals surface area contributed by atoms with Gasteiger partial charge in [0.05, 0.1) is 19.8 Å². The van der Waals surface area contributed by atoms with Gasteiger partial charge in [-0.2, -0.15) is 0 Å². The van der Waals surface area contributed by atoms with Gasteiger partial charge in [0.15, 0.2) is 18.7 Å². The molecule has 15 nitrogen and oxygen atoms in total. The fourth-order valence-corrected chi connectivity index (χ4v) is 7.01. The number of unbranched alkanes of at least 4 members (excludes halogenated alkanes) is 18. The Morgan fingerprint density at radius 1 is 0.576 bits per heavy atom. The third kappa shape index (κ3) is 22.1. The van der Waals surface area contributed by atoms with Crippen LogP contribution in [0, 0.1) is 0 Å². The average Bonchev–Trinajstić information content (AvgIpc) is 3.23. The second kappa shape index (κ2) is 32.7. The van der Waals surface area contributed by atoms with Crippen LogP contribution in [0.15, 0.2) is 24.3 Å². The van der Waals surface area contributed by atoms with Crippen LogP contribution in [-0.2, 0) is 38.0 Å². The van der Waals surface area contributed by atoms with Crippen LogP contribution in [0.5, 0.6) is 0 Å². The molecule has 0 amide bonds. The van der Waals surface area contributed by atoms with Crippen molar-refractivity contribution in [3.8, 4) is 0 Å². The highest BCUT2D eigenvalue weighted by atomic mass is 16.7. The molecule has 0 spiro atoms. The van der Waals surface area contributed by atoms with Gasteiger partial charge in [-0.3, -0.25) is 4.79 Å². The van der Waals surface area contributed by atoms with Gasteiger partial charge in [0.1, 0.15) is 55.4 Å². The molecule has 11 atom stereocenters. The highest BCUT2D eigenvalue weighted by Crippen LogP contribution is 2.26. The number of aliphatic hydroxyl groups excluding tert-OH is 7. The van der Waals surface area contributed by atoms with E-state index < -0.39 is 99.3 Å². The minimum Gasteiger partial charge on any atom is -0.462 e. The van der Waals surface area contributed by atoms with Crippen molar-refractivity contribution >= 4 is 11.9 Å². The number of carbonyl (C=O) groups excluding carboxylic acids is 2. The molecule has 2 heterocycles. The lowest BCUT2D eigenvalue weighted by molar-refractivity contribution is -0.332. The summed E-state index contributed by atoms with van der Waals surface area (Å²) < 4.78 is 33.2. The van der Waals surface area contributed by atoms with E-state index in [2.05, 4.69) is 13.8 Å². The van der Waals surface area contributed by atoms with Crippen molar-refractivity contribution in [3.05, 3.63) is 24.3 Å². The van der Waals surface area contributed by atoms with E-state index in [1.807, 2.05) is 6.08 Å². The summed E-state index contributed by atoms with van der Waals surface area (Å²) in [6.45, 7) is 2.41. The largest absolute Gasteiger partial charge is 0.462 e. The van der Waals surface area contributed by atoms with Crippen molar-refractivity contribution in [1.29, 1.82) is 0 Å².